The number of amides is 2. The van der Waals surface area contributed by atoms with E-state index in [0.717, 1.165) is 18.4 Å². The fraction of sp³-hybridized carbons (Fsp3) is 0.545. The van der Waals surface area contributed by atoms with E-state index in [0.29, 0.717) is 5.56 Å². The summed E-state index contributed by atoms with van der Waals surface area (Å²) in [4.78, 5) is 50.7. The van der Waals surface area contributed by atoms with Gasteiger partial charge in [-0.15, -0.1) is 0 Å². The summed E-state index contributed by atoms with van der Waals surface area (Å²) in [6, 6.07) is 6.00. The molecular weight excluding hydrogens is 388 g/mol. The van der Waals surface area contributed by atoms with Crippen LogP contribution in [0.5, 0.6) is 0 Å². The maximum Gasteiger partial charge on any atom is 0.410 e. The molecule has 1 aliphatic carbocycles. The number of benzene rings is 1. The fourth-order valence-corrected chi connectivity index (χ4v) is 3.58. The molecule has 2 amide bonds. The third kappa shape index (κ3) is 4.80. The summed E-state index contributed by atoms with van der Waals surface area (Å²) in [5, 5.41) is 3.03. The van der Waals surface area contributed by atoms with Crippen LogP contribution in [0.2, 0.25) is 0 Å². The number of esters is 1. The lowest BCUT2D eigenvalue weighted by Gasteiger charge is -2.36. The van der Waals surface area contributed by atoms with Crippen molar-refractivity contribution in [2.45, 2.75) is 63.6 Å². The molecule has 0 spiro atoms. The number of Topliss-reactive ketones (excluding diaryl/α,β-unsaturated/α-hetero) is 1. The second kappa shape index (κ2) is 8.08. The largest absolute Gasteiger partial charge is 0.465 e. The zero-order chi connectivity index (χ0) is 22.1. The summed E-state index contributed by atoms with van der Waals surface area (Å²) >= 11 is 0. The van der Waals surface area contributed by atoms with Crippen LogP contribution in [0.25, 0.3) is 0 Å². The topological polar surface area (TPSA) is 102 Å². The smallest absolute Gasteiger partial charge is 0.410 e. The van der Waals surface area contributed by atoms with Crippen LogP contribution >= 0.6 is 0 Å². The molecule has 8 heteroatoms. The van der Waals surface area contributed by atoms with Crippen LogP contribution in [0, 0.1) is 0 Å². The van der Waals surface area contributed by atoms with E-state index in [-0.39, 0.29) is 31.1 Å². The van der Waals surface area contributed by atoms with Crippen LogP contribution < -0.4 is 5.32 Å². The quantitative estimate of drug-likeness (QED) is 0.757. The van der Waals surface area contributed by atoms with E-state index < -0.39 is 29.2 Å². The highest BCUT2D eigenvalue weighted by molar-refractivity contribution is 5.94. The number of nitrogens with one attached hydrogen (secondary N) is 1. The summed E-state index contributed by atoms with van der Waals surface area (Å²) in [7, 11) is 1.32. The van der Waals surface area contributed by atoms with Crippen molar-refractivity contribution in [1.82, 2.24) is 10.2 Å². The standard InChI is InChI=1S/C22H28N2O6/c1-21(2,3)30-20(28)24-12-9-16(25)13-17(24)18(26)23-22(10-11-22)15-7-5-14(6-8-15)19(27)29-4/h5-8,17H,9-13H2,1-4H3,(H,23,26). The molecule has 1 unspecified atom stereocenters. The van der Waals surface area contributed by atoms with E-state index in [1.165, 1.54) is 12.0 Å². The molecule has 162 valence electrons. The van der Waals surface area contributed by atoms with Crippen molar-refractivity contribution >= 4 is 23.8 Å². The Hall–Kier alpha value is -2.90. The maximum absolute atomic E-state index is 13.1. The molecule has 1 heterocycles. The summed E-state index contributed by atoms with van der Waals surface area (Å²) < 4.78 is 10.1. The minimum Gasteiger partial charge on any atom is -0.465 e. The van der Waals surface area contributed by atoms with Crippen molar-refractivity contribution in [2.75, 3.05) is 13.7 Å². The molecule has 0 radical (unpaired) electrons. The lowest BCUT2D eigenvalue weighted by Crippen LogP contribution is -2.56. The van der Waals surface area contributed by atoms with E-state index in [1.54, 1.807) is 45.0 Å². The molecule has 8 nitrogen and oxygen atoms in total. The molecule has 3 rings (SSSR count). The molecule has 1 saturated carbocycles. The Morgan fingerprint density at radius 1 is 1.13 bits per heavy atom. The molecule has 2 fully saturated rings. The molecule has 1 aromatic carbocycles. The molecule has 1 saturated heterocycles. The number of carbonyl (C=O) groups excluding carboxylic acids is 4. The zero-order valence-electron chi connectivity index (χ0n) is 17.8. The monoisotopic (exact) mass is 416 g/mol. The van der Waals surface area contributed by atoms with Crippen LogP contribution in [0.15, 0.2) is 24.3 Å². The zero-order valence-corrected chi connectivity index (χ0v) is 17.8. The molecule has 0 bridgehead atoms. The number of hydrogen-bond acceptors (Lipinski definition) is 6. The summed E-state index contributed by atoms with van der Waals surface area (Å²) in [6.07, 6.45) is 1.07. The van der Waals surface area contributed by atoms with E-state index in [9.17, 15) is 19.2 Å². The lowest BCUT2D eigenvalue weighted by molar-refractivity contribution is -0.134. The van der Waals surface area contributed by atoms with Crippen molar-refractivity contribution in [2.24, 2.45) is 0 Å². The van der Waals surface area contributed by atoms with Gasteiger partial charge in [-0.1, -0.05) is 12.1 Å². The number of likely N-dealkylation sites (tertiary alicyclic amines) is 1. The van der Waals surface area contributed by atoms with E-state index >= 15 is 0 Å². The van der Waals surface area contributed by atoms with Crippen molar-refractivity contribution < 1.29 is 28.7 Å². The number of rotatable bonds is 4. The molecule has 1 aliphatic heterocycles. The van der Waals surface area contributed by atoms with E-state index in [1.807, 2.05) is 0 Å². The van der Waals surface area contributed by atoms with Gasteiger partial charge in [-0.2, -0.15) is 0 Å². The SMILES string of the molecule is COC(=O)c1ccc(C2(NC(=O)C3CC(=O)CCN3C(=O)OC(C)(C)C)CC2)cc1. The summed E-state index contributed by atoms with van der Waals surface area (Å²) in [6.45, 7) is 5.43. The molecule has 1 atom stereocenters. The molecule has 1 N–H and O–H groups in total. The van der Waals surface area contributed by atoms with Gasteiger partial charge < -0.3 is 14.8 Å². The highest BCUT2D eigenvalue weighted by Gasteiger charge is 2.48. The van der Waals surface area contributed by atoms with Crippen LogP contribution in [-0.2, 0) is 24.6 Å². The Balaban J connectivity index is 1.74. The van der Waals surface area contributed by atoms with Gasteiger partial charge in [0.15, 0.2) is 0 Å². The predicted molar refractivity (Wildman–Crippen MR) is 108 cm³/mol. The third-order valence-electron chi connectivity index (χ3n) is 5.33. The molecule has 0 aromatic heterocycles. The van der Waals surface area contributed by atoms with Crippen molar-refractivity contribution in [1.29, 1.82) is 0 Å². The average molecular weight is 416 g/mol. The second-order valence-corrected chi connectivity index (χ2v) is 8.82. The van der Waals surface area contributed by atoms with E-state index in [4.69, 9.17) is 9.47 Å². The predicted octanol–water partition coefficient (Wildman–Crippen LogP) is 2.55. The fourth-order valence-electron chi connectivity index (χ4n) is 3.58. The van der Waals surface area contributed by atoms with Crippen LogP contribution in [0.1, 0.15) is 62.4 Å². The highest BCUT2D eigenvalue weighted by Crippen LogP contribution is 2.45. The first-order valence-corrected chi connectivity index (χ1v) is 10.1. The first-order chi connectivity index (χ1) is 14.0. The lowest BCUT2D eigenvalue weighted by atomic mass is 9.98. The number of methoxy groups -OCH3 is 1. The molecule has 30 heavy (non-hydrogen) atoms. The van der Waals surface area contributed by atoms with Gasteiger partial charge in [-0.05, 0) is 51.3 Å². The third-order valence-corrected chi connectivity index (χ3v) is 5.33. The van der Waals surface area contributed by atoms with Gasteiger partial charge in [0, 0.05) is 19.4 Å². The molecule has 2 aliphatic rings. The highest BCUT2D eigenvalue weighted by atomic mass is 16.6. The average Bonchev–Trinajstić information content (AvgIpc) is 3.46. The molecule has 1 aromatic rings. The Labute approximate surface area is 175 Å². The van der Waals surface area contributed by atoms with Gasteiger partial charge in [0.05, 0.1) is 18.2 Å². The molecular formula is C22H28N2O6. The normalized spacial score (nSPS) is 20.3. The van der Waals surface area contributed by atoms with Crippen molar-refractivity contribution in [3.8, 4) is 0 Å². The number of carbonyl (C=O) groups is 4. The maximum atomic E-state index is 13.1. The number of hydrogen-bond donors (Lipinski definition) is 1. The Kier molecular flexibility index (Phi) is 5.87. The number of piperidine rings is 1. The Bertz CT molecular complexity index is 851. The van der Waals surface area contributed by atoms with Gasteiger partial charge in [0.25, 0.3) is 0 Å². The summed E-state index contributed by atoms with van der Waals surface area (Å²) in [5.41, 5.74) is 0.0524. The Morgan fingerprint density at radius 3 is 2.30 bits per heavy atom. The van der Waals surface area contributed by atoms with Crippen molar-refractivity contribution in [3.63, 3.8) is 0 Å². The minimum absolute atomic E-state index is 0.0254. The number of ether oxygens (including phenoxy) is 2. The van der Waals surface area contributed by atoms with Gasteiger partial charge in [-0.25, -0.2) is 9.59 Å². The summed E-state index contributed by atoms with van der Waals surface area (Å²) in [5.74, 6) is -0.852. The number of ketones is 1. The first kappa shape index (κ1) is 21.8. The Morgan fingerprint density at radius 2 is 1.77 bits per heavy atom. The van der Waals surface area contributed by atoms with Crippen LogP contribution in [0.4, 0.5) is 4.79 Å². The van der Waals surface area contributed by atoms with Crippen molar-refractivity contribution in [3.05, 3.63) is 35.4 Å². The second-order valence-electron chi connectivity index (χ2n) is 8.82. The van der Waals surface area contributed by atoms with Gasteiger partial charge >= 0.3 is 12.1 Å². The van der Waals surface area contributed by atoms with Gasteiger partial charge in [0.1, 0.15) is 17.4 Å². The first-order valence-electron chi connectivity index (χ1n) is 10.1. The van der Waals surface area contributed by atoms with Crippen LogP contribution in [0.3, 0.4) is 0 Å². The minimum atomic E-state index is -0.895. The van der Waals surface area contributed by atoms with Gasteiger partial charge in [-0.3, -0.25) is 14.5 Å². The van der Waals surface area contributed by atoms with Crippen LogP contribution in [-0.4, -0.2) is 54.0 Å². The van der Waals surface area contributed by atoms with E-state index in [2.05, 4.69) is 5.32 Å². The number of nitrogens with zero attached hydrogens (tertiary/aromatic N) is 1. The van der Waals surface area contributed by atoms with Gasteiger partial charge in [0.2, 0.25) is 5.91 Å².